The number of nitrogens with zero attached hydrogens (tertiary/aromatic N) is 1. The van der Waals surface area contributed by atoms with Gasteiger partial charge in [0.25, 0.3) is 5.90 Å². The summed E-state index contributed by atoms with van der Waals surface area (Å²) in [6.45, 7) is 7.52. The zero-order chi connectivity index (χ0) is 19.3. The zero-order valence-corrected chi connectivity index (χ0v) is 15.7. The fourth-order valence-corrected chi connectivity index (χ4v) is 2.25. The molecule has 0 spiro atoms. The van der Waals surface area contributed by atoms with E-state index in [1.165, 1.54) is 7.11 Å². The van der Waals surface area contributed by atoms with Crippen LogP contribution in [0.1, 0.15) is 52.6 Å². The third-order valence-electron chi connectivity index (χ3n) is 3.73. The summed E-state index contributed by atoms with van der Waals surface area (Å²) in [5, 5.41) is 3.79. The average Bonchev–Trinajstić information content (AvgIpc) is 2.60. The predicted molar refractivity (Wildman–Crippen MR) is 100 cm³/mol. The van der Waals surface area contributed by atoms with Crippen LogP contribution in [0.2, 0.25) is 0 Å². The summed E-state index contributed by atoms with van der Waals surface area (Å²) in [6, 6.07) is 13.8. The number of carbonyl (C=O) groups is 2. The maximum Gasteiger partial charge on any atom is 0.344 e. The number of Topliss-reactive ketones (excluding diaryl/α,β-unsaturated/α-hetero) is 1. The minimum atomic E-state index is -0.573. The zero-order valence-electron chi connectivity index (χ0n) is 15.7. The van der Waals surface area contributed by atoms with Crippen LogP contribution in [0.5, 0.6) is 0 Å². The molecule has 0 aliphatic rings. The van der Waals surface area contributed by atoms with Gasteiger partial charge in [-0.3, -0.25) is 4.79 Å². The molecule has 0 saturated carbocycles. The number of benzene rings is 2. The van der Waals surface area contributed by atoms with Crippen molar-refractivity contribution in [3.05, 3.63) is 70.8 Å². The van der Waals surface area contributed by atoms with Gasteiger partial charge in [0.2, 0.25) is 0 Å². The average molecular weight is 353 g/mol. The van der Waals surface area contributed by atoms with Gasteiger partial charge in [0, 0.05) is 16.5 Å². The third kappa shape index (κ3) is 4.79. The number of hydrogen-bond acceptors (Lipinski definition) is 5. The Balaban J connectivity index is 2.18. The van der Waals surface area contributed by atoms with E-state index in [2.05, 4.69) is 5.16 Å². The highest BCUT2D eigenvalue weighted by atomic mass is 16.6. The minimum Gasteiger partial charge on any atom is -0.400 e. The van der Waals surface area contributed by atoms with E-state index < -0.39 is 11.4 Å². The second-order valence-electron chi connectivity index (χ2n) is 6.99. The molecule has 0 atom stereocenters. The van der Waals surface area contributed by atoms with Crippen LogP contribution in [0.3, 0.4) is 0 Å². The lowest BCUT2D eigenvalue weighted by Crippen LogP contribution is -2.20. The molecule has 0 amide bonds. The summed E-state index contributed by atoms with van der Waals surface area (Å²) < 4.78 is 5.37. The predicted octanol–water partition coefficient (Wildman–Crippen LogP) is 4.39. The number of carbonyl (C=O) groups excluding carboxylic acids is 2. The molecule has 0 heterocycles. The van der Waals surface area contributed by atoms with Crippen LogP contribution in [-0.2, 0) is 9.57 Å². The first-order chi connectivity index (χ1) is 12.2. The van der Waals surface area contributed by atoms with E-state index in [9.17, 15) is 9.59 Å². The second kappa shape index (κ2) is 7.95. The van der Waals surface area contributed by atoms with Gasteiger partial charge in [0.1, 0.15) is 7.11 Å². The van der Waals surface area contributed by atoms with Gasteiger partial charge in [-0.1, -0.05) is 50.6 Å². The molecule has 0 bridgehead atoms. The Bertz CT molecular complexity index is 813. The van der Waals surface area contributed by atoms with Gasteiger partial charge in [-0.15, -0.1) is 0 Å². The number of rotatable bonds is 4. The van der Waals surface area contributed by atoms with Crippen molar-refractivity contribution in [3.63, 3.8) is 0 Å². The summed E-state index contributed by atoms with van der Waals surface area (Å²) in [5.74, 6) is -0.484. The van der Waals surface area contributed by atoms with E-state index in [1.54, 1.807) is 36.4 Å². The van der Waals surface area contributed by atoms with Gasteiger partial charge in [-0.2, -0.15) is 0 Å². The van der Waals surface area contributed by atoms with Crippen molar-refractivity contribution in [2.24, 2.45) is 10.6 Å². The van der Waals surface area contributed by atoms with Crippen molar-refractivity contribution in [1.29, 1.82) is 0 Å². The smallest absolute Gasteiger partial charge is 0.344 e. The fourth-order valence-electron chi connectivity index (χ4n) is 2.25. The first-order valence-corrected chi connectivity index (χ1v) is 8.27. The molecule has 136 valence electrons. The van der Waals surface area contributed by atoms with Crippen LogP contribution in [-0.4, -0.2) is 24.8 Å². The van der Waals surface area contributed by atoms with Gasteiger partial charge in [-0.05, 0) is 36.3 Å². The standard InChI is InChI=1S/C21H23NO4/c1-14-6-8-16(9-7-14)19(22-25-5)26-20(24)17-12-10-15(11-13-17)18(23)21(2,3)4/h6-13H,1-5H3. The summed E-state index contributed by atoms with van der Waals surface area (Å²) in [6.07, 6.45) is 0. The van der Waals surface area contributed by atoms with Crippen LogP contribution in [0.15, 0.2) is 53.7 Å². The molecule has 0 saturated heterocycles. The van der Waals surface area contributed by atoms with Crippen molar-refractivity contribution in [3.8, 4) is 0 Å². The number of esters is 1. The molecule has 0 N–H and O–H groups in total. The van der Waals surface area contributed by atoms with E-state index in [-0.39, 0.29) is 11.7 Å². The molecule has 0 aromatic heterocycles. The number of oxime groups is 1. The number of aryl methyl sites for hydroxylation is 1. The van der Waals surface area contributed by atoms with E-state index in [0.29, 0.717) is 16.7 Å². The van der Waals surface area contributed by atoms with E-state index in [1.807, 2.05) is 39.8 Å². The van der Waals surface area contributed by atoms with Gasteiger partial charge >= 0.3 is 5.97 Å². The van der Waals surface area contributed by atoms with Crippen molar-refractivity contribution in [1.82, 2.24) is 0 Å². The maximum absolute atomic E-state index is 12.4. The topological polar surface area (TPSA) is 65.0 Å². The van der Waals surface area contributed by atoms with Crippen LogP contribution in [0.4, 0.5) is 0 Å². The Hall–Kier alpha value is -2.95. The number of hydrogen-bond donors (Lipinski definition) is 0. The fraction of sp³-hybridized carbons (Fsp3) is 0.286. The Labute approximate surface area is 153 Å². The van der Waals surface area contributed by atoms with Crippen molar-refractivity contribution >= 4 is 17.7 Å². The summed E-state index contributed by atoms with van der Waals surface area (Å²) in [7, 11) is 1.38. The molecule has 26 heavy (non-hydrogen) atoms. The second-order valence-corrected chi connectivity index (χ2v) is 6.99. The maximum atomic E-state index is 12.4. The molecule has 0 aliphatic carbocycles. The molecule has 0 radical (unpaired) electrons. The molecule has 2 rings (SSSR count). The minimum absolute atomic E-state index is 0.0127. The van der Waals surface area contributed by atoms with Gasteiger partial charge < -0.3 is 9.57 Å². The Kier molecular flexibility index (Phi) is 5.93. The SMILES string of the molecule is CON=C(OC(=O)c1ccc(C(=O)C(C)(C)C)cc1)c1ccc(C)cc1. The molecule has 2 aromatic rings. The van der Waals surface area contributed by atoms with E-state index in [0.717, 1.165) is 5.56 Å². The molecule has 5 heteroatoms. The molecule has 0 unspecified atom stereocenters. The monoisotopic (exact) mass is 353 g/mol. The highest BCUT2D eigenvalue weighted by molar-refractivity contribution is 6.05. The first kappa shape index (κ1) is 19.4. The van der Waals surface area contributed by atoms with Gasteiger partial charge in [0.05, 0.1) is 5.56 Å². The first-order valence-electron chi connectivity index (χ1n) is 8.27. The van der Waals surface area contributed by atoms with Crippen LogP contribution in [0.25, 0.3) is 0 Å². The highest BCUT2D eigenvalue weighted by Crippen LogP contribution is 2.21. The largest absolute Gasteiger partial charge is 0.400 e. The lowest BCUT2D eigenvalue weighted by Gasteiger charge is -2.16. The van der Waals surface area contributed by atoms with E-state index >= 15 is 0 Å². The Morgan fingerprint density at radius 1 is 0.846 bits per heavy atom. The normalized spacial score (nSPS) is 11.8. The summed E-state index contributed by atoms with van der Waals surface area (Å²) >= 11 is 0. The molecule has 2 aromatic carbocycles. The van der Waals surface area contributed by atoms with Crippen molar-refractivity contribution < 1.29 is 19.2 Å². The lowest BCUT2D eigenvalue weighted by molar-refractivity contribution is 0.0702. The summed E-state index contributed by atoms with van der Waals surface area (Å²) in [4.78, 5) is 29.5. The lowest BCUT2D eigenvalue weighted by atomic mass is 9.86. The van der Waals surface area contributed by atoms with Gasteiger partial charge in [0.15, 0.2) is 5.78 Å². The molecule has 0 fully saturated rings. The van der Waals surface area contributed by atoms with Crippen LogP contribution in [0, 0.1) is 12.3 Å². The third-order valence-corrected chi connectivity index (χ3v) is 3.73. The molecule has 5 nitrogen and oxygen atoms in total. The Morgan fingerprint density at radius 2 is 1.35 bits per heavy atom. The number of ketones is 1. The van der Waals surface area contributed by atoms with Crippen molar-refractivity contribution in [2.75, 3.05) is 7.11 Å². The molecule has 0 aliphatic heterocycles. The molecular weight excluding hydrogens is 330 g/mol. The highest BCUT2D eigenvalue weighted by Gasteiger charge is 2.23. The van der Waals surface area contributed by atoms with Crippen molar-refractivity contribution in [2.45, 2.75) is 27.7 Å². The van der Waals surface area contributed by atoms with E-state index in [4.69, 9.17) is 9.57 Å². The van der Waals surface area contributed by atoms with Crippen LogP contribution < -0.4 is 0 Å². The quantitative estimate of drug-likeness (QED) is 0.269. The summed E-state index contributed by atoms with van der Waals surface area (Å²) in [5.41, 5.74) is 2.11. The Morgan fingerprint density at radius 3 is 1.85 bits per heavy atom. The van der Waals surface area contributed by atoms with Gasteiger partial charge in [-0.25, -0.2) is 4.79 Å². The van der Waals surface area contributed by atoms with Crippen LogP contribution >= 0.6 is 0 Å². The molecular formula is C21H23NO4. The number of ether oxygens (including phenoxy) is 1.